The van der Waals surface area contributed by atoms with Crippen LogP contribution in [0, 0.1) is 11.8 Å². The van der Waals surface area contributed by atoms with Gasteiger partial charge in [-0.2, -0.15) is 0 Å². The van der Waals surface area contributed by atoms with Gasteiger partial charge in [0.05, 0.1) is 0 Å². The second kappa shape index (κ2) is 4.92. The summed E-state index contributed by atoms with van der Waals surface area (Å²) >= 11 is 0. The summed E-state index contributed by atoms with van der Waals surface area (Å²) in [5.74, 6) is 1.81. The van der Waals surface area contributed by atoms with Crippen molar-refractivity contribution in [1.82, 2.24) is 0 Å². The summed E-state index contributed by atoms with van der Waals surface area (Å²) in [4.78, 5) is 0. The van der Waals surface area contributed by atoms with E-state index < -0.39 is 10.0 Å². The molecule has 0 aromatic heterocycles. The molecule has 1 aliphatic carbocycles. The third-order valence-corrected chi connectivity index (χ3v) is 11.2. The van der Waals surface area contributed by atoms with Crippen molar-refractivity contribution < 1.29 is 0 Å². The molecule has 0 nitrogen and oxygen atoms in total. The highest BCUT2D eigenvalue weighted by molar-refractivity contribution is 8.34. The van der Waals surface area contributed by atoms with Gasteiger partial charge in [0.2, 0.25) is 0 Å². The fourth-order valence-corrected chi connectivity index (χ4v) is 6.40. The Hall–Kier alpha value is 0.350. The monoisotopic (exact) mass is 244 g/mol. The normalized spacial score (nSPS) is 22.8. The van der Waals surface area contributed by atoms with Gasteiger partial charge in [-0.3, -0.25) is 0 Å². The summed E-state index contributed by atoms with van der Waals surface area (Å²) in [6.07, 6.45) is 11.1. The number of hydrogen-bond acceptors (Lipinski definition) is 0. The molecule has 0 radical (unpaired) electrons. The summed E-state index contributed by atoms with van der Waals surface area (Å²) in [6, 6.07) is 0. The van der Waals surface area contributed by atoms with Gasteiger partial charge >= 0.3 is 0 Å². The summed E-state index contributed by atoms with van der Waals surface area (Å²) < 4.78 is 0.509. The smallest absolute Gasteiger partial charge is 0.00336 e. The van der Waals surface area contributed by atoms with Gasteiger partial charge in [0, 0.05) is 0 Å². The van der Waals surface area contributed by atoms with E-state index in [1.165, 1.54) is 25.7 Å². The van der Waals surface area contributed by atoms with Crippen molar-refractivity contribution in [3.05, 3.63) is 0 Å². The van der Waals surface area contributed by atoms with Crippen molar-refractivity contribution in [3.63, 3.8) is 0 Å². The largest absolute Gasteiger partial charge is 0.239 e. The third-order valence-electron chi connectivity index (χ3n) is 5.74. The van der Waals surface area contributed by atoms with Crippen LogP contribution in [0.2, 0.25) is 0 Å². The van der Waals surface area contributed by atoms with E-state index in [9.17, 15) is 0 Å². The average molecular weight is 244 g/mol. The van der Waals surface area contributed by atoms with E-state index in [0.717, 1.165) is 17.1 Å². The lowest BCUT2D eigenvalue weighted by molar-refractivity contribution is 0.476. The van der Waals surface area contributed by atoms with E-state index in [2.05, 4.69) is 47.1 Å². The van der Waals surface area contributed by atoms with Gasteiger partial charge in [-0.05, 0) is 47.2 Å². The predicted molar refractivity (Wildman–Crippen MR) is 79.8 cm³/mol. The fraction of sp³-hybridized carbons (Fsp3) is 1.00. The minimum atomic E-state index is -0.521. The average Bonchev–Trinajstić information content (AvgIpc) is 2.68. The van der Waals surface area contributed by atoms with E-state index in [1.807, 2.05) is 0 Å². The molecule has 0 N–H and O–H groups in total. The Morgan fingerprint density at radius 3 is 1.81 bits per heavy atom. The SMILES string of the molecule is CC(C)C(C)(C)S(C)(C)C(C)C1CCCC1. The van der Waals surface area contributed by atoms with E-state index in [-0.39, 0.29) is 0 Å². The molecule has 1 saturated carbocycles. The molecule has 98 valence electrons. The van der Waals surface area contributed by atoms with Crippen LogP contribution in [-0.4, -0.2) is 22.5 Å². The molecule has 16 heavy (non-hydrogen) atoms. The van der Waals surface area contributed by atoms with Crippen molar-refractivity contribution in [3.8, 4) is 0 Å². The molecular weight excluding hydrogens is 212 g/mol. The Kier molecular flexibility index (Phi) is 4.43. The zero-order valence-corrected chi connectivity index (χ0v) is 13.3. The van der Waals surface area contributed by atoms with E-state index >= 15 is 0 Å². The summed E-state index contributed by atoms with van der Waals surface area (Å²) in [6.45, 7) is 12.3. The maximum Gasteiger partial charge on any atom is -0.00336 e. The van der Waals surface area contributed by atoms with Crippen LogP contribution in [0.15, 0.2) is 0 Å². The van der Waals surface area contributed by atoms with Gasteiger partial charge < -0.3 is 0 Å². The highest BCUT2D eigenvalue weighted by Crippen LogP contribution is 2.62. The Balaban J connectivity index is 2.82. The van der Waals surface area contributed by atoms with Crippen molar-refractivity contribution >= 4 is 10.0 Å². The van der Waals surface area contributed by atoms with Gasteiger partial charge in [0.1, 0.15) is 0 Å². The third kappa shape index (κ3) is 2.44. The molecule has 0 saturated heterocycles. The lowest BCUT2D eigenvalue weighted by Crippen LogP contribution is -2.40. The zero-order chi connectivity index (χ0) is 12.6. The molecule has 1 atom stereocenters. The predicted octanol–water partition coefficient (Wildman–Crippen LogP) is 5.06. The van der Waals surface area contributed by atoms with Crippen LogP contribution in [0.4, 0.5) is 0 Å². The van der Waals surface area contributed by atoms with Gasteiger partial charge in [-0.1, -0.05) is 47.5 Å². The second-order valence-electron chi connectivity index (χ2n) is 6.91. The van der Waals surface area contributed by atoms with Crippen molar-refractivity contribution in [1.29, 1.82) is 0 Å². The molecule has 0 amide bonds. The molecular formula is C15H32S. The molecule has 0 aliphatic heterocycles. The molecule has 0 aromatic carbocycles. The molecule has 0 heterocycles. The minimum absolute atomic E-state index is 0.509. The van der Waals surface area contributed by atoms with Crippen LogP contribution in [0.5, 0.6) is 0 Å². The highest BCUT2D eigenvalue weighted by Gasteiger charge is 2.41. The maximum atomic E-state index is 2.58. The Morgan fingerprint density at radius 1 is 1.00 bits per heavy atom. The molecule has 0 bridgehead atoms. The Labute approximate surface area is 105 Å². The lowest BCUT2D eigenvalue weighted by Gasteiger charge is -2.55. The summed E-state index contributed by atoms with van der Waals surface area (Å²) in [7, 11) is -0.521. The van der Waals surface area contributed by atoms with Crippen molar-refractivity contribution in [2.24, 2.45) is 11.8 Å². The molecule has 1 fully saturated rings. The Bertz CT molecular complexity index is 222. The van der Waals surface area contributed by atoms with Crippen LogP contribution in [0.25, 0.3) is 0 Å². The molecule has 1 aliphatic rings. The second-order valence-corrected chi connectivity index (χ2v) is 11.5. The molecule has 1 rings (SSSR count). The molecule has 1 unspecified atom stereocenters. The van der Waals surface area contributed by atoms with Crippen molar-refractivity contribution in [2.75, 3.05) is 12.5 Å². The quantitative estimate of drug-likeness (QED) is 0.648. The van der Waals surface area contributed by atoms with E-state index in [0.29, 0.717) is 4.75 Å². The van der Waals surface area contributed by atoms with Gasteiger partial charge in [0.15, 0.2) is 0 Å². The van der Waals surface area contributed by atoms with Crippen LogP contribution >= 0.6 is 10.0 Å². The van der Waals surface area contributed by atoms with E-state index in [4.69, 9.17) is 0 Å². The van der Waals surface area contributed by atoms with Crippen molar-refractivity contribution in [2.45, 2.75) is 70.3 Å². The topological polar surface area (TPSA) is 0 Å². The van der Waals surface area contributed by atoms with Crippen LogP contribution < -0.4 is 0 Å². The number of rotatable bonds is 4. The molecule has 1 heteroatoms. The first-order valence-corrected chi connectivity index (χ1v) is 9.44. The first-order chi connectivity index (χ1) is 7.21. The first-order valence-electron chi connectivity index (χ1n) is 6.93. The maximum absolute atomic E-state index is 2.58. The lowest BCUT2D eigenvalue weighted by atomic mass is 9.99. The minimum Gasteiger partial charge on any atom is -0.239 e. The zero-order valence-electron chi connectivity index (χ0n) is 12.5. The van der Waals surface area contributed by atoms with Crippen LogP contribution in [0.3, 0.4) is 0 Å². The standard InChI is InChI=1S/C15H32S/c1-12(2)15(4,5)16(6,7)13(3)14-10-8-9-11-14/h12-14H,8-11H2,1-7H3. The Morgan fingerprint density at radius 2 is 1.44 bits per heavy atom. The fourth-order valence-electron chi connectivity index (χ4n) is 2.99. The van der Waals surface area contributed by atoms with Gasteiger partial charge in [-0.25, -0.2) is 10.0 Å². The van der Waals surface area contributed by atoms with Gasteiger partial charge in [-0.15, -0.1) is 0 Å². The van der Waals surface area contributed by atoms with Crippen LogP contribution in [-0.2, 0) is 0 Å². The molecule has 0 aromatic rings. The summed E-state index contributed by atoms with van der Waals surface area (Å²) in [5, 5.41) is 0.937. The molecule has 0 spiro atoms. The van der Waals surface area contributed by atoms with E-state index in [1.54, 1.807) is 0 Å². The van der Waals surface area contributed by atoms with Gasteiger partial charge in [0.25, 0.3) is 0 Å². The van der Waals surface area contributed by atoms with Crippen LogP contribution in [0.1, 0.15) is 60.3 Å². The first kappa shape index (κ1) is 14.4. The summed E-state index contributed by atoms with van der Waals surface area (Å²) in [5.41, 5.74) is 0. The number of hydrogen-bond donors (Lipinski definition) is 0. The highest BCUT2D eigenvalue weighted by atomic mass is 32.3.